The van der Waals surface area contributed by atoms with Crippen LogP contribution in [0.5, 0.6) is 0 Å². The first-order valence-electron chi connectivity index (χ1n) is 7.63. The molecule has 0 fully saturated rings. The fourth-order valence-electron chi connectivity index (χ4n) is 2.77. The average Bonchev–Trinajstić information content (AvgIpc) is 2.95. The summed E-state index contributed by atoms with van der Waals surface area (Å²) < 4.78 is 1.82. The second-order valence-electron chi connectivity index (χ2n) is 6.42. The van der Waals surface area contributed by atoms with E-state index in [4.69, 9.17) is 0 Å². The van der Waals surface area contributed by atoms with E-state index in [-0.39, 0.29) is 11.4 Å². The number of nitrogens with one attached hydrogen (secondary N) is 2. The van der Waals surface area contributed by atoms with Crippen LogP contribution in [0, 0.1) is 13.8 Å². The summed E-state index contributed by atoms with van der Waals surface area (Å²) in [6.45, 7) is 10.1. The van der Waals surface area contributed by atoms with Gasteiger partial charge < -0.3 is 5.32 Å². The van der Waals surface area contributed by atoms with E-state index in [1.165, 1.54) is 0 Å². The maximum atomic E-state index is 12.4. The van der Waals surface area contributed by atoms with Crippen molar-refractivity contribution in [2.75, 3.05) is 0 Å². The molecule has 2 rings (SSSR count). The van der Waals surface area contributed by atoms with Crippen molar-refractivity contribution in [3.05, 3.63) is 23.1 Å². The predicted molar refractivity (Wildman–Crippen MR) is 86.7 cm³/mol. The van der Waals surface area contributed by atoms with Gasteiger partial charge in [0, 0.05) is 23.8 Å². The van der Waals surface area contributed by atoms with Gasteiger partial charge in [-0.15, -0.1) is 0 Å². The number of aryl methyl sites for hydroxylation is 2. The highest BCUT2D eigenvalue weighted by atomic mass is 16.2. The van der Waals surface area contributed by atoms with Crippen molar-refractivity contribution in [1.29, 1.82) is 0 Å². The highest BCUT2D eigenvalue weighted by molar-refractivity contribution is 5.94. The number of aromatic nitrogens is 4. The van der Waals surface area contributed by atoms with Gasteiger partial charge in [0.15, 0.2) is 0 Å². The number of rotatable bonds is 5. The molecule has 0 bridgehead atoms. The van der Waals surface area contributed by atoms with Crippen LogP contribution in [-0.4, -0.2) is 31.4 Å². The van der Waals surface area contributed by atoms with E-state index in [9.17, 15) is 4.79 Å². The SMILES string of the molecule is CCCC(C)(C)NC(=O)c1cc(-c2c(C)nn(C)c2C)n[nH]1. The number of aromatic amines is 1. The molecule has 0 aliphatic rings. The molecule has 0 atom stereocenters. The highest BCUT2D eigenvalue weighted by Gasteiger charge is 2.22. The number of carbonyl (C=O) groups is 1. The summed E-state index contributed by atoms with van der Waals surface area (Å²) in [5.41, 5.74) is 3.91. The van der Waals surface area contributed by atoms with Crippen molar-refractivity contribution in [1.82, 2.24) is 25.3 Å². The minimum absolute atomic E-state index is 0.128. The lowest BCUT2D eigenvalue weighted by molar-refractivity contribution is 0.0904. The van der Waals surface area contributed by atoms with Gasteiger partial charge in [0.25, 0.3) is 5.91 Å². The van der Waals surface area contributed by atoms with Crippen molar-refractivity contribution in [2.45, 2.75) is 53.0 Å². The van der Waals surface area contributed by atoms with Crippen LogP contribution in [0.3, 0.4) is 0 Å². The maximum Gasteiger partial charge on any atom is 0.269 e. The third-order valence-electron chi connectivity index (χ3n) is 3.91. The molecule has 1 amide bonds. The van der Waals surface area contributed by atoms with Crippen molar-refractivity contribution in [3.8, 4) is 11.3 Å². The number of hydrogen-bond donors (Lipinski definition) is 2. The molecule has 2 aromatic rings. The van der Waals surface area contributed by atoms with Crippen molar-refractivity contribution in [2.24, 2.45) is 7.05 Å². The van der Waals surface area contributed by atoms with E-state index in [0.717, 1.165) is 35.5 Å². The zero-order valence-corrected chi connectivity index (χ0v) is 14.2. The number of amides is 1. The van der Waals surface area contributed by atoms with Crippen LogP contribution in [0.15, 0.2) is 6.07 Å². The lowest BCUT2D eigenvalue weighted by atomic mass is 9.99. The fourth-order valence-corrected chi connectivity index (χ4v) is 2.77. The molecular formula is C16H25N5O. The first kappa shape index (κ1) is 16.3. The van der Waals surface area contributed by atoms with Crippen LogP contribution < -0.4 is 5.32 Å². The van der Waals surface area contributed by atoms with E-state index in [1.54, 1.807) is 6.07 Å². The second-order valence-corrected chi connectivity index (χ2v) is 6.42. The molecule has 2 N–H and O–H groups in total. The van der Waals surface area contributed by atoms with Crippen LogP contribution in [0.1, 0.15) is 55.5 Å². The quantitative estimate of drug-likeness (QED) is 0.891. The van der Waals surface area contributed by atoms with Crippen LogP contribution in [0.25, 0.3) is 11.3 Å². The summed E-state index contributed by atoms with van der Waals surface area (Å²) >= 11 is 0. The van der Waals surface area contributed by atoms with Crippen molar-refractivity contribution >= 4 is 5.91 Å². The van der Waals surface area contributed by atoms with Gasteiger partial charge in [-0.3, -0.25) is 14.6 Å². The largest absolute Gasteiger partial charge is 0.346 e. The predicted octanol–water partition coefficient (Wildman–Crippen LogP) is 2.74. The van der Waals surface area contributed by atoms with Crippen LogP contribution in [0.2, 0.25) is 0 Å². The lowest BCUT2D eigenvalue weighted by Crippen LogP contribution is -2.43. The Morgan fingerprint density at radius 1 is 1.41 bits per heavy atom. The van der Waals surface area contributed by atoms with Gasteiger partial charge in [0.2, 0.25) is 0 Å². The summed E-state index contributed by atoms with van der Waals surface area (Å²) in [7, 11) is 1.90. The standard InChI is InChI=1S/C16H25N5O/c1-7-8-16(4,5)17-15(22)13-9-12(18-19-13)14-10(2)20-21(6)11(14)3/h9H,7-8H2,1-6H3,(H,17,22)(H,18,19). The Balaban J connectivity index is 2.23. The average molecular weight is 303 g/mol. The first-order valence-corrected chi connectivity index (χ1v) is 7.63. The van der Waals surface area contributed by atoms with Gasteiger partial charge in [-0.1, -0.05) is 13.3 Å². The summed E-state index contributed by atoms with van der Waals surface area (Å²) in [5.74, 6) is -0.128. The molecule has 22 heavy (non-hydrogen) atoms. The summed E-state index contributed by atoms with van der Waals surface area (Å²) in [6, 6.07) is 1.79. The number of carbonyl (C=O) groups excluding carboxylic acids is 1. The monoisotopic (exact) mass is 303 g/mol. The summed E-state index contributed by atoms with van der Waals surface area (Å²) in [6.07, 6.45) is 1.95. The molecule has 0 saturated carbocycles. The van der Waals surface area contributed by atoms with E-state index in [0.29, 0.717) is 5.69 Å². The van der Waals surface area contributed by atoms with E-state index < -0.39 is 0 Å². The second kappa shape index (κ2) is 5.94. The van der Waals surface area contributed by atoms with Gasteiger partial charge in [-0.25, -0.2) is 0 Å². The number of H-pyrrole nitrogens is 1. The Kier molecular flexibility index (Phi) is 4.39. The molecule has 0 radical (unpaired) electrons. The molecule has 2 aromatic heterocycles. The number of nitrogens with zero attached hydrogens (tertiary/aromatic N) is 3. The van der Waals surface area contributed by atoms with Gasteiger partial charge in [0.05, 0.1) is 11.4 Å². The molecule has 0 aliphatic heterocycles. The van der Waals surface area contributed by atoms with Crippen LogP contribution in [-0.2, 0) is 7.05 Å². The Bertz CT molecular complexity index is 681. The molecule has 0 saturated heterocycles. The normalized spacial score (nSPS) is 11.7. The molecular weight excluding hydrogens is 278 g/mol. The summed E-state index contributed by atoms with van der Waals surface area (Å²) in [4.78, 5) is 12.4. The highest BCUT2D eigenvalue weighted by Crippen LogP contribution is 2.25. The smallest absolute Gasteiger partial charge is 0.269 e. The minimum Gasteiger partial charge on any atom is -0.346 e. The molecule has 0 aliphatic carbocycles. The molecule has 6 heteroatoms. The van der Waals surface area contributed by atoms with Gasteiger partial charge in [-0.05, 0) is 40.2 Å². The first-order chi connectivity index (χ1) is 10.2. The Labute approximate surface area is 131 Å². The third kappa shape index (κ3) is 3.21. The molecule has 6 nitrogen and oxygen atoms in total. The Hall–Kier alpha value is -2.11. The third-order valence-corrected chi connectivity index (χ3v) is 3.91. The van der Waals surface area contributed by atoms with Gasteiger partial charge in [0.1, 0.15) is 5.69 Å². The molecule has 2 heterocycles. The molecule has 0 spiro atoms. The maximum absolute atomic E-state index is 12.4. The van der Waals surface area contributed by atoms with Crippen molar-refractivity contribution in [3.63, 3.8) is 0 Å². The van der Waals surface area contributed by atoms with E-state index >= 15 is 0 Å². The van der Waals surface area contributed by atoms with E-state index in [1.807, 2.05) is 39.4 Å². The zero-order valence-electron chi connectivity index (χ0n) is 14.2. The van der Waals surface area contributed by atoms with Crippen LogP contribution >= 0.6 is 0 Å². The lowest BCUT2D eigenvalue weighted by Gasteiger charge is -2.25. The fraction of sp³-hybridized carbons (Fsp3) is 0.562. The molecule has 120 valence electrons. The van der Waals surface area contributed by atoms with E-state index in [2.05, 4.69) is 27.5 Å². The molecule has 0 unspecified atom stereocenters. The van der Waals surface area contributed by atoms with Gasteiger partial charge >= 0.3 is 0 Å². The Morgan fingerprint density at radius 2 is 2.09 bits per heavy atom. The minimum atomic E-state index is -0.225. The van der Waals surface area contributed by atoms with Gasteiger partial charge in [-0.2, -0.15) is 10.2 Å². The zero-order chi connectivity index (χ0) is 16.5. The number of hydrogen-bond acceptors (Lipinski definition) is 3. The summed E-state index contributed by atoms with van der Waals surface area (Å²) in [5, 5.41) is 14.5. The van der Waals surface area contributed by atoms with Crippen LogP contribution in [0.4, 0.5) is 0 Å². The van der Waals surface area contributed by atoms with Crippen molar-refractivity contribution < 1.29 is 4.79 Å². The Morgan fingerprint density at radius 3 is 2.64 bits per heavy atom. The molecule has 0 aromatic carbocycles. The topological polar surface area (TPSA) is 75.6 Å².